The van der Waals surface area contributed by atoms with Crippen molar-refractivity contribution in [2.75, 3.05) is 6.54 Å². The van der Waals surface area contributed by atoms with E-state index in [4.69, 9.17) is 4.42 Å². The third-order valence-corrected chi connectivity index (χ3v) is 2.33. The normalized spacial score (nSPS) is 10.1. The number of hydrogen-bond donors (Lipinski definition) is 1. The van der Waals surface area contributed by atoms with Crippen molar-refractivity contribution in [2.24, 2.45) is 0 Å². The summed E-state index contributed by atoms with van der Waals surface area (Å²) < 4.78 is 5.48. The zero-order chi connectivity index (χ0) is 13.0. The Morgan fingerprint density at radius 1 is 1.44 bits per heavy atom. The van der Waals surface area contributed by atoms with Crippen LogP contribution in [0.15, 0.2) is 53.2 Å². The zero-order valence-electron chi connectivity index (χ0n) is 10.1. The molecule has 0 fully saturated rings. The molecule has 0 aliphatic carbocycles. The van der Waals surface area contributed by atoms with Crippen LogP contribution in [0.5, 0.6) is 0 Å². The van der Waals surface area contributed by atoms with Gasteiger partial charge in [0.05, 0.1) is 0 Å². The van der Waals surface area contributed by atoms with E-state index in [0.29, 0.717) is 12.3 Å². The first-order valence-corrected chi connectivity index (χ1v) is 5.59. The summed E-state index contributed by atoms with van der Waals surface area (Å²) in [6.45, 7) is 6.02. The number of furan rings is 1. The highest BCUT2D eigenvalue weighted by Crippen LogP contribution is 2.20. The molecule has 0 saturated heterocycles. The number of nitrogens with zero attached hydrogens (tertiary/aromatic N) is 1. The standard InChI is InChI=1S/C14H14N2O2/c1-10(2)8-16-14(17)13-6-5-12(18-13)11-4-3-7-15-9-11/h3-7,9H,1,8H2,2H3,(H,16,17). The molecule has 2 aromatic heterocycles. The lowest BCUT2D eigenvalue weighted by molar-refractivity contribution is 0.0930. The predicted octanol–water partition coefficient (Wildman–Crippen LogP) is 2.65. The van der Waals surface area contributed by atoms with Crippen LogP contribution in [0.2, 0.25) is 0 Å². The molecule has 0 unspecified atom stereocenters. The van der Waals surface area contributed by atoms with Crippen molar-refractivity contribution in [1.82, 2.24) is 10.3 Å². The maximum atomic E-state index is 11.7. The van der Waals surface area contributed by atoms with Crippen LogP contribution in [0.3, 0.4) is 0 Å². The van der Waals surface area contributed by atoms with E-state index in [0.717, 1.165) is 11.1 Å². The van der Waals surface area contributed by atoms with Crippen LogP contribution in [0.25, 0.3) is 11.3 Å². The predicted molar refractivity (Wildman–Crippen MR) is 69.1 cm³/mol. The van der Waals surface area contributed by atoms with Gasteiger partial charge in [0.1, 0.15) is 5.76 Å². The Hall–Kier alpha value is -2.36. The van der Waals surface area contributed by atoms with E-state index in [-0.39, 0.29) is 11.7 Å². The third kappa shape index (κ3) is 2.85. The maximum absolute atomic E-state index is 11.7. The van der Waals surface area contributed by atoms with Crippen LogP contribution < -0.4 is 5.32 Å². The summed E-state index contributed by atoms with van der Waals surface area (Å²) in [6, 6.07) is 7.10. The third-order valence-electron chi connectivity index (χ3n) is 2.33. The molecular formula is C14H14N2O2. The van der Waals surface area contributed by atoms with Crippen molar-refractivity contribution in [3.63, 3.8) is 0 Å². The van der Waals surface area contributed by atoms with Gasteiger partial charge in [0.25, 0.3) is 5.91 Å². The fourth-order valence-electron chi connectivity index (χ4n) is 1.44. The monoisotopic (exact) mass is 242 g/mol. The molecule has 2 heterocycles. The first kappa shape index (κ1) is 12.1. The summed E-state index contributed by atoms with van der Waals surface area (Å²) in [5.74, 6) is 0.673. The molecule has 0 saturated carbocycles. The zero-order valence-corrected chi connectivity index (χ0v) is 10.1. The van der Waals surface area contributed by atoms with Crippen molar-refractivity contribution in [1.29, 1.82) is 0 Å². The van der Waals surface area contributed by atoms with Gasteiger partial charge in [-0.05, 0) is 31.2 Å². The number of carbonyl (C=O) groups excluding carboxylic acids is 1. The highest BCUT2D eigenvalue weighted by molar-refractivity contribution is 5.92. The topological polar surface area (TPSA) is 55.1 Å². The number of hydrogen-bond acceptors (Lipinski definition) is 3. The molecule has 0 aliphatic rings. The van der Waals surface area contributed by atoms with E-state index < -0.39 is 0 Å². The lowest BCUT2D eigenvalue weighted by Crippen LogP contribution is -2.24. The van der Waals surface area contributed by atoms with E-state index in [2.05, 4.69) is 16.9 Å². The van der Waals surface area contributed by atoms with E-state index in [1.165, 1.54) is 0 Å². The molecule has 2 aromatic rings. The van der Waals surface area contributed by atoms with Crippen molar-refractivity contribution in [3.05, 3.63) is 54.6 Å². The summed E-state index contributed by atoms with van der Waals surface area (Å²) in [5.41, 5.74) is 1.74. The Morgan fingerprint density at radius 3 is 2.94 bits per heavy atom. The molecule has 1 N–H and O–H groups in total. The molecule has 4 heteroatoms. The second kappa shape index (κ2) is 5.31. The van der Waals surface area contributed by atoms with E-state index in [1.54, 1.807) is 24.5 Å². The van der Waals surface area contributed by atoms with Crippen LogP contribution >= 0.6 is 0 Å². The van der Waals surface area contributed by atoms with Gasteiger partial charge in [0.2, 0.25) is 0 Å². The molecule has 0 bridgehead atoms. The number of carbonyl (C=O) groups is 1. The van der Waals surface area contributed by atoms with Crippen LogP contribution in [-0.2, 0) is 0 Å². The Bertz CT molecular complexity index is 558. The van der Waals surface area contributed by atoms with E-state index in [1.807, 2.05) is 19.1 Å². The quantitative estimate of drug-likeness (QED) is 0.838. The molecule has 0 aromatic carbocycles. The van der Waals surface area contributed by atoms with Gasteiger partial charge in [0, 0.05) is 24.5 Å². The summed E-state index contributed by atoms with van der Waals surface area (Å²) in [5, 5.41) is 2.72. The SMILES string of the molecule is C=C(C)CNC(=O)c1ccc(-c2cccnc2)o1. The van der Waals surface area contributed by atoms with Crippen LogP contribution in [0.4, 0.5) is 0 Å². The van der Waals surface area contributed by atoms with Crippen molar-refractivity contribution in [3.8, 4) is 11.3 Å². The lowest BCUT2D eigenvalue weighted by atomic mass is 10.2. The fourth-order valence-corrected chi connectivity index (χ4v) is 1.44. The minimum Gasteiger partial charge on any atom is -0.451 e. The summed E-state index contributed by atoms with van der Waals surface area (Å²) in [7, 11) is 0. The van der Waals surface area contributed by atoms with Crippen LogP contribution in [0, 0.1) is 0 Å². The Balaban J connectivity index is 2.11. The Kier molecular flexibility index (Phi) is 3.57. The molecule has 0 aliphatic heterocycles. The van der Waals surface area contributed by atoms with Crippen LogP contribution in [-0.4, -0.2) is 17.4 Å². The number of aromatic nitrogens is 1. The van der Waals surface area contributed by atoms with Crippen molar-refractivity contribution >= 4 is 5.91 Å². The largest absolute Gasteiger partial charge is 0.451 e. The number of amides is 1. The van der Waals surface area contributed by atoms with Gasteiger partial charge in [-0.15, -0.1) is 0 Å². The van der Waals surface area contributed by atoms with Gasteiger partial charge in [0.15, 0.2) is 5.76 Å². The molecule has 1 amide bonds. The van der Waals surface area contributed by atoms with Crippen molar-refractivity contribution in [2.45, 2.75) is 6.92 Å². The second-order valence-corrected chi connectivity index (χ2v) is 4.05. The van der Waals surface area contributed by atoms with E-state index in [9.17, 15) is 4.79 Å². The lowest BCUT2D eigenvalue weighted by Gasteiger charge is -2.01. The summed E-state index contributed by atoms with van der Waals surface area (Å²) in [6.07, 6.45) is 3.38. The van der Waals surface area contributed by atoms with Crippen molar-refractivity contribution < 1.29 is 9.21 Å². The Labute approximate surface area is 105 Å². The molecule has 2 rings (SSSR count). The minimum absolute atomic E-state index is 0.242. The molecule has 0 radical (unpaired) electrons. The molecule has 92 valence electrons. The van der Waals surface area contributed by atoms with E-state index >= 15 is 0 Å². The number of pyridine rings is 1. The first-order valence-electron chi connectivity index (χ1n) is 5.59. The average Bonchev–Trinajstić information content (AvgIpc) is 2.86. The number of nitrogens with one attached hydrogen (secondary N) is 1. The van der Waals surface area contributed by atoms with Crippen LogP contribution in [0.1, 0.15) is 17.5 Å². The second-order valence-electron chi connectivity index (χ2n) is 4.05. The smallest absolute Gasteiger partial charge is 0.287 e. The highest BCUT2D eigenvalue weighted by Gasteiger charge is 2.11. The van der Waals surface area contributed by atoms with Gasteiger partial charge in [-0.1, -0.05) is 12.2 Å². The molecular weight excluding hydrogens is 228 g/mol. The molecule has 0 spiro atoms. The molecule has 18 heavy (non-hydrogen) atoms. The summed E-state index contributed by atoms with van der Waals surface area (Å²) >= 11 is 0. The van der Waals surface area contributed by atoms with Gasteiger partial charge >= 0.3 is 0 Å². The minimum atomic E-state index is -0.242. The van der Waals surface area contributed by atoms with Gasteiger partial charge in [-0.2, -0.15) is 0 Å². The van der Waals surface area contributed by atoms with Gasteiger partial charge < -0.3 is 9.73 Å². The number of rotatable bonds is 4. The Morgan fingerprint density at radius 2 is 2.28 bits per heavy atom. The molecule has 0 atom stereocenters. The molecule has 4 nitrogen and oxygen atoms in total. The summed E-state index contributed by atoms with van der Waals surface area (Å²) in [4.78, 5) is 15.7. The maximum Gasteiger partial charge on any atom is 0.287 e. The fraction of sp³-hybridized carbons (Fsp3) is 0.143. The van der Waals surface area contributed by atoms with Gasteiger partial charge in [-0.25, -0.2) is 0 Å². The first-order chi connectivity index (χ1) is 8.66. The average molecular weight is 242 g/mol. The highest BCUT2D eigenvalue weighted by atomic mass is 16.3. The van der Waals surface area contributed by atoms with Gasteiger partial charge in [-0.3, -0.25) is 9.78 Å².